The van der Waals surface area contributed by atoms with Gasteiger partial charge in [0, 0.05) is 18.7 Å². The third kappa shape index (κ3) is 5.20. The van der Waals surface area contributed by atoms with Crippen LogP contribution in [0.1, 0.15) is 41.6 Å². The molecule has 0 atom stereocenters. The van der Waals surface area contributed by atoms with Gasteiger partial charge in [-0.15, -0.1) is 0 Å². The van der Waals surface area contributed by atoms with Crippen molar-refractivity contribution in [1.82, 2.24) is 10.2 Å². The van der Waals surface area contributed by atoms with Gasteiger partial charge in [0.1, 0.15) is 11.4 Å². The number of amides is 2. The van der Waals surface area contributed by atoms with Crippen LogP contribution in [0, 0.1) is 0 Å². The Morgan fingerprint density at radius 3 is 2.15 bits per heavy atom. The number of carbonyl (C=O) groups is 2. The van der Waals surface area contributed by atoms with Crippen LogP contribution in [0.3, 0.4) is 0 Å². The summed E-state index contributed by atoms with van der Waals surface area (Å²) in [7, 11) is 0. The number of hydrogen-bond acceptors (Lipinski definition) is 3. The molecule has 1 fully saturated rings. The number of carbonyl (C=O) groups excluding carboxylic acids is 2. The van der Waals surface area contributed by atoms with Crippen LogP contribution in [-0.2, 0) is 4.79 Å². The van der Waals surface area contributed by atoms with Gasteiger partial charge < -0.3 is 15.3 Å². The van der Waals surface area contributed by atoms with Gasteiger partial charge in [0.05, 0.1) is 0 Å². The number of phenols is 1. The van der Waals surface area contributed by atoms with E-state index in [0.29, 0.717) is 18.7 Å². The highest BCUT2D eigenvalue weighted by Gasteiger charge is 2.21. The highest BCUT2D eigenvalue weighted by Crippen LogP contribution is 2.16. The number of likely N-dealkylation sites (tertiary alicyclic amines) is 1. The van der Waals surface area contributed by atoms with Crippen molar-refractivity contribution in [3.8, 4) is 5.75 Å². The van der Waals surface area contributed by atoms with Crippen molar-refractivity contribution in [2.45, 2.75) is 25.7 Å². The molecule has 3 rings (SSSR count). The molecule has 140 valence electrons. The van der Waals surface area contributed by atoms with E-state index in [4.69, 9.17) is 0 Å². The first-order valence-electron chi connectivity index (χ1n) is 9.30. The van der Waals surface area contributed by atoms with Crippen LogP contribution in [0.4, 0.5) is 0 Å². The molecule has 0 saturated carbocycles. The molecular formula is C22H24N2O3. The Labute approximate surface area is 159 Å². The maximum atomic E-state index is 13.1. The Hall–Kier alpha value is -3.08. The van der Waals surface area contributed by atoms with Crippen LogP contribution in [0.25, 0.3) is 6.08 Å². The lowest BCUT2D eigenvalue weighted by Gasteiger charge is -2.22. The van der Waals surface area contributed by atoms with E-state index in [1.54, 1.807) is 54.6 Å². The van der Waals surface area contributed by atoms with E-state index in [2.05, 4.69) is 5.32 Å². The number of hydrogen-bond donors (Lipinski definition) is 2. The standard InChI is InChI=1S/C22H24N2O3/c25-19-12-10-17(11-13-19)16-20(22(27)24-14-6-1-2-7-15-24)23-21(26)18-8-4-3-5-9-18/h3-5,8-13,16,25H,1-2,6-7,14-15H2,(H,23,26)/b20-16-. The summed E-state index contributed by atoms with van der Waals surface area (Å²) in [5.41, 5.74) is 1.48. The molecule has 0 bridgehead atoms. The molecule has 1 aliphatic heterocycles. The molecule has 1 saturated heterocycles. The summed E-state index contributed by atoms with van der Waals surface area (Å²) in [6.45, 7) is 1.40. The van der Waals surface area contributed by atoms with Crippen LogP contribution in [0.2, 0.25) is 0 Å². The summed E-state index contributed by atoms with van der Waals surface area (Å²) >= 11 is 0. The van der Waals surface area contributed by atoms with E-state index in [0.717, 1.165) is 31.2 Å². The van der Waals surface area contributed by atoms with E-state index in [1.165, 1.54) is 0 Å². The fraction of sp³-hybridized carbons (Fsp3) is 0.273. The molecule has 0 unspecified atom stereocenters. The highest BCUT2D eigenvalue weighted by atomic mass is 16.3. The lowest BCUT2D eigenvalue weighted by molar-refractivity contribution is -0.127. The zero-order valence-electron chi connectivity index (χ0n) is 15.2. The quantitative estimate of drug-likeness (QED) is 0.815. The van der Waals surface area contributed by atoms with E-state index in [1.807, 2.05) is 11.0 Å². The predicted octanol–water partition coefficient (Wildman–Crippen LogP) is 3.57. The molecule has 2 aromatic carbocycles. The van der Waals surface area contributed by atoms with Gasteiger partial charge in [-0.1, -0.05) is 43.2 Å². The highest BCUT2D eigenvalue weighted by molar-refractivity contribution is 6.05. The minimum atomic E-state index is -0.316. The maximum Gasteiger partial charge on any atom is 0.270 e. The van der Waals surface area contributed by atoms with Crippen LogP contribution in [0.15, 0.2) is 60.3 Å². The molecule has 0 spiro atoms. The molecule has 27 heavy (non-hydrogen) atoms. The monoisotopic (exact) mass is 364 g/mol. The molecule has 5 heteroatoms. The third-order valence-corrected chi connectivity index (χ3v) is 4.61. The van der Waals surface area contributed by atoms with Crippen molar-refractivity contribution in [3.05, 3.63) is 71.4 Å². The minimum absolute atomic E-state index is 0.154. The normalized spacial score (nSPS) is 15.1. The summed E-state index contributed by atoms with van der Waals surface area (Å²) in [5.74, 6) is -0.334. The predicted molar refractivity (Wildman–Crippen MR) is 105 cm³/mol. The van der Waals surface area contributed by atoms with Gasteiger partial charge in [0.15, 0.2) is 0 Å². The third-order valence-electron chi connectivity index (χ3n) is 4.61. The maximum absolute atomic E-state index is 13.1. The number of nitrogens with one attached hydrogen (secondary N) is 1. The molecule has 1 aliphatic rings. The van der Waals surface area contributed by atoms with Gasteiger partial charge >= 0.3 is 0 Å². The van der Waals surface area contributed by atoms with E-state index < -0.39 is 0 Å². The second-order valence-electron chi connectivity index (χ2n) is 6.68. The van der Waals surface area contributed by atoms with Gasteiger partial charge in [-0.2, -0.15) is 0 Å². The second kappa shape index (κ2) is 9.03. The van der Waals surface area contributed by atoms with Crippen molar-refractivity contribution in [2.24, 2.45) is 0 Å². The lowest BCUT2D eigenvalue weighted by atomic mass is 10.1. The Balaban J connectivity index is 1.86. The van der Waals surface area contributed by atoms with Crippen LogP contribution < -0.4 is 5.32 Å². The van der Waals surface area contributed by atoms with E-state index in [9.17, 15) is 14.7 Å². The summed E-state index contributed by atoms with van der Waals surface area (Å²) in [6, 6.07) is 15.4. The van der Waals surface area contributed by atoms with Crippen LogP contribution in [0.5, 0.6) is 5.75 Å². The largest absolute Gasteiger partial charge is 0.508 e. The van der Waals surface area contributed by atoms with Gasteiger partial charge in [-0.25, -0.2) is 0 Å². The zero-order valence-corrected chi connectivity index (χ0v) is 15.2. The molecule has 1 heterocycles. The van der Waals surface area contributed by atoms with Crippen molar-refractivity contribution < 1.29 is 14.7 Å². The summed E-state index contributed by atoms with van der Waals surface area (Å²) in [6.07, 6.45) is 5.86. The first-order chi connectivity index (χ1) is 13.1. The number of rotatable bonds is 4. The summed E-state index contributed by atoms with van der Waals surface area (Å²) in [4.78, 5) is 27.5. The fourth-order valence-electron chi connectivity index (χ4n) is 3.12. The minimum Gasteiger partial charge on any atom is -0.508 e. The molecular weight excluding hydrogens is 340 g/mol. The SMILES string of the molecule is O=C(N/C(=C\c1ccc(O)cc1)C(=O)N1CCCCCC1)c1ccccc1. The topological polar surface area (TPSA) is 69.6 Å². The van der Waals surface area contributed by atoms with Gasteiger partial charge in [-0.05, 0) is 48.7 Å². The fourth-order valence-corrected chi connectivity index (χ4v) is 3.12. The van der Waals surface area contributed by atoms with Gasteiger partial charge in [0.2, 0.25) is 0 Å². The van der Waals surface area contributed by atoms with Crippen LogP contribution in [-0.4, -0.2) is 34.9 Å². The molecule has 0 aliphatic carbocycles. The van der Waals surface area contributed by atoms with Gasteiger partial charge in [-0.3, -0.25) is 9.59 Å². The Bertz CT molecular complexity index is 805. The second-order valence-corrected chi connectivity index (χ2v) is 6.68. The first kappa shape index (κ1) is 18.7. The summed E-state index contributed by atoms with van der Waals surface area (Å²) < 4.78 is 0. The van der Waals surface area contributed by atoms with Crippen molar-refractivity contribution in [3.63, 3.8) is 0 Å². The Morgan fingerprint density at radius 2 is 1.52 bits per heavy atom. The average molecular weight is 364 g/mol. The molecule has 2 amide bonds. The summed E-state index contributed by atoms with van der Waals surface area (Å²) in [5, 5.41) is 12.2. The number of aromatic hydroxyl groups is 1. The van der Waals surface area contributed by atoms with Crippen LogP contribution >= 0.6 is 0 Å². The first-order valence-corrected chi connectivity index (χ1v) is 9.30. The average Bonchev–Trinajstić information content (AvgIpc) is 2.98. The van der Waals surface area contributed by atoms with Gasteiger partial charge in [0.25, 0.3) is 11.8 Å². The molecule has 0 aromatic heterocycles. The molecule has 2 N–H and O–H groups in total. The number of benzene rings is 2. The van der Waals surface area contributed by atoms with E-state index in [-0.39, 0.29) is 23.3 Å². The van der Waals surface area contributed by atoms with E-state index >= 15 is 0 Å². The molecule has 5 nitrogen and oxygen atoms in total. The zero-order chi connectivity index (χ0) is 19.1. The van der Waals surface area contributed by atoms with Crippen molar-refractivity contribution in [1.29, 1.82) is 0 Å². The number of nitrogens with zero attached hydrogens (tertiary/aromatic N) is 1. The molecule has 0 radical (unpaired) electrons. The smallest absolute Gasteiger partial charge is 0.270 e. The Morgan fingerprint density at radius 1 is 0.889 bits per heavy atom. The molecule has 2 aromatic rings. The Kier molecular flexibility index (Phi) is 6.26. The van der Waals surface area contributed by atoms with Crippen molar-refractivity contribution >= 4 is 17.9 Å². The lowest BCUT2D eigenvalue weighted by Crippen LogP contribution is -2.39. The van der Waals surface area contributed by atoms with Crippen molar-refractivity contribution in [2.75, 3.05) is 13.1 Å². The number of phenolic OH excluding ortho intramolecular Hbond substituents is 1.